The molecule has 1 aliphatic heterocycles. The van der Waals surface area contributed by atoms with Crippen LogP contribution in [-0.4, -0.2) is 45.8 Å². The van der Waals surface area contributed by atoms with E-state index in [2.05, 4.69) is 15.3 Å². The molecule has 0 saturated carbocycles. The van der Waals surface area contributed by atoms with Crippen LogP contribution in [0.25, 0.3) is 22.8 Å². The van der Waals surface area contributed by atoms with E-state index in [1.807, 2.05) is 24.3 Å². The number of para-hydroxylation sites is 2. The van der Waals surface area contributed by atoms with Crippen LogP contribution in [0.5, 0.6) is 0 Å². The number of hydrogen-bond donors (Lipinski definition) is 1. The molecule has 3 aromatic heterocycles. The average Bonchev–Trinajstić information content (AvgIpc) is 3.49. The summed E-state index contributed by atoms with van der Waals surface area (Å²) in [6.07, 6.45) is 1.75. The van der Waals surface area contributed by atoms with Crippen molar-refractivity contribution in [2.45, 2.75) is 25.8 Å². The zero-order valence-corrected chi connectivity index (χ0v) is 16.8. The van der Waals surface area contributed by atoms with Crippen molar-refractivity contribution < 1.29 is 22.8 Å². The molecule has 9 nitrogen and oxygen atoms in total. The standard InChI is InChI=1S/C22H20N4O5/c1-13-15(25-22(30-13)18-7-4-10-29-18)11-20(27)26-9-8-23-21(28)16(26)12-19-24-14-5-2-3-6-17(14)31-19/h2-7,10,16H,8-9,11-12H2,1H3,(H,23,28)/t16-/m1/s1. The van der Waals surface area contributed by atoms with E-state index in [9.17, 15) is 9.59 Å². The van der Waals surface area contributed by atoms with Crippen molar-refractivity contribution >= 4 is 22.9 Å². The zero-order valence-electron chi connectivity index (χ0n) is 16.8. The lowest BCUT2D eigenvalue weighted by Crippen LogP contribution is -2.58. The van der Waals surface area contributed by atoms with Gasteiger partial charge in [-0.25, -0.2) is 9.97 Å². The summed E-state index contributed by atoms with van der Waals surface area (Å²) in [6, 6.07) is 10.2. The van der Waals surface area contributed by atoms with E-state index in [1.54, 1.807) is 24.0 Å². The lowest BCUT2D eigenvalue weighted by atomic mass is 10.1. The van der Waals surface area contributed by atoms with Gasteiger partial charge in [0.1, 0.15) is 17.3 Å². The minimum Gasteiger partial charge on any atom is -0.459 e. The van der Waals surface area contributed by atoms with Crippen molar-refractivity contribution in [3.63, 3.8) is 0 Å². The molecule has 4 heterocycles. The topological polar surface area (TPSA) is 115 Å². The third kappa shape index (κ3) is 3.70. The Morgan fingerprint density at radius 1 is 1.19 bits per heavy atom. The number of benzene rings is 1. The monoisotopic (exact) mass is 420 g/mol. The van der Waals surface area contributed by atoms with Crippen LogP contribution < -0.4 is 5.32 Å². The number of amides is 2. The highest BCUT2D eigenvalue weighted by atomic mass is 16.4. The normalized spacial score (nSPS) is 16.6. The number of nitrogens with one attached hydrogen (secondary N) is 1. The summed E-state index contributed by atoms with van der Waals surface area (Å²) < 4.78 is 16.7. The van der Waals surface area contributed by atoms with Gasteiger partial charge in [0, 0.05) is 13.1 Å². The molecule has 5 rings (SSSR count). The highest BCUT2D eigenvalue weighted by Gasteiger charge is 2.35. The molecule has 1 saturated heterocycles. The Kier molecular flexibility index (Phi) is 4.78. The fourth-order valence-electron chi connectivity index (χ4n) is 3.73. The van der Waals surface area contributed by atoms with Gasteiger partial charge in [0.15, 0.2) is 17.2 Å². The Bertz CT molecular complexity index is 1210. The van der Waals surface area contributed by atoms with E-state index in [4.69, 9.17) is 13.3 Å². The molecule has 1 atom stereocenters. The Labute approximate surface area is 177 Å². The van der Waals surface area contributed by atoms with Gasteiger partial charge in [-0.15, -0.1) is 0 Å². The molecular formula is C22H20N4O5. The molecular weight excluding hydrogens is 400 g/mol. The molecule has 1 aliphatic rings. The third-order valence-corrected chi connectivity index (χ3v) is 5.30. The van der Waals surface area contributed by atoms with Crippen LogP contribution in [0.3, 0.4) is 0 Å². The quantitative estimate of drug-likeness (QED) is 0.527. The third-order valence-electron chi connectivity index (χ3n) is 5.30. The SMILES string of the molecule is Cc1oc(-c2ccco2)nc1CC(=O)N1CCNC(=O)[C@H]1Cc1nc2ccccc2o1. The molecule has 0 spiro atoms. The smallest absolute Gasteiger partial charge is 0.263 e. The largest absolute Gasteiger partial charge is 0.459 e. The molecule has 0 aliphatic carbocycles. The van der Waals surface area contributed by atoms with E-state index in [1.165, 1.54) is 6.26 Å². The van der Waals surface area contributed by atoms with Crippen LogP contribution in [0.1, 0.15) is 17.3 Å². The van der Waals surface area contributed by atoms with Crippen LogP contribution in [-0.2, 0) is 22.4 Å². The number of rotatable bonds is 5. The number of piperazine rings is 1. The number of nitrogens with zero attached hydrogens (tertiary/aromatic N) is 3. The minimum absolute atomic E-state index is 0.0212. The average molecular weight is 420 g/mol. The number of carbonyl (C=O) groups excluding carboxylic acids is 2. The van der Waals surface area contributed by atoms with Crippen LogP contribution >= 0.6 is 0 Å². The van der Waals surface area contributed by atoms with Crippen LogP contribution in [0.2, 0.25) is 0 Å². The fraction of sp³-hybridized carbons (Fsp3) is 0.273. The van der Waals surface area contributed by atoms with Gasteiger partial charge in [-0.3, -0.25) is 9.59 Å². The number of oxazole rings is 2. The summed E-state index contributed by atoms with van der Waals surface area (Å²) in [5.41, 5.74) is 1.88. The summed E-state index contributed by atoms with van der Waals surface area (Å²) in [7, 11) is 0. The molecule has 4 aromatic rings. The molecule has 1 aromatic carbocycles. The van der Waals surface area contributed by atoms with E-state index >= 15 is 0 Å². The summed E-state index contributed by atoms with van der Waals surface area (Å²) in [6.45, 7) is 2.54. The van der Waals surface area contributed by atoms with Gasteiger partial charge in [0.05, 0.1) is 24.8 Å². The molecule has 2 amide bonds. The Morgan fingerprint density at radius 3 is 2.87 bits per heavy atom. The maximum atomic E-state index is 13.1. The number of carbonyl (C=O) groups is 2. The van der Waals surface area contributed by atoms with E-state index < -0.39 is 6.04 Å². The van der Waals surface area contributed by atoms with Crippen LogP contribution in [0.4, 0.5) is 0 Å². The number of fused-ring (bicyclic) bond motifs is 1. The van der Waals surface area contributed by atoms with E-state index in [0.717, 1.165) is 5.52 Å². The molecule has 1 fully saturated rings. The van der Waals surface area contributed by atoms with Gasteiger partial charge in [0.2, 0.25) is 11.8 Å². The first-order valence-electron chi connectivity index (χ1n) is 10.0. The fourth-order valence-corrected chi connectivity index (χ4v) is 3.73. The highest BCUT2D eigenvalue weighted by molar-refractivity contribution is 5.89. The Balaban J connectivity index is 1.36. The van der Waals surface area contributed by atoms with Crippen molar-refractivity contribution in [2.24, 2.45) is 0 Å². The zero-order chi connectivity index (χ0) is 21.4. The number of aryl methyl sites for hydroxylation is 1. The van der Waals surface area contributed by atoms with Gasteiger partial charge in [-0.05, 0) is 31.2 Å². The van der Waals surface area contributed by atoms with Gasteiger partial charge < -0.3 is 23.5 Å². The van der Waals surface area contributed by atoms with Gasteiger partial charge in [-0.2, -0.15) is 0 Å². The first kappa shape index (κ1) is 19.1. The van der Waals surface area contributed by atoms with Crippen molar-refractivity contribution in [2.75, 3.05) is 13.1 Å². The van der Waals surface area contributed by atoms with E-state index in [0.29, 0.717) is 47.7 Å². The van der Waals surface area contributed by atoms with E-state index in [-0.39, 0.29) is 24.7 Å². The number of furan rings is 1. The summed E-state index contributed by atoms with van der Waals surface area (Å²) >= 11 is 0. The summed E-state index contributed by atoms with van der Waals surface area (Å²) in [5, 5.41) is 2.82. The molecule has 0 radical (unpaired) electrons. The molecule has 0 unspecified atom stereocenters. The number of hydrogen-bond acceptors (Lipinski definition) is 7. The second-order valence-corrected chi connectivity index (χ2v) is 7.35. The molecule has 1 N–H and O–H groups in total. The number of aromatic nitrogens is 2. The second kappa shape index (κ2) is 7.75. The summed E-state index contributed by atoms with van der Waals surface area (Å²) in [5.74, 6) is 1.33. The Morgan fingerprint density at radius 2 is 2.06 bits per heavy atom. The van der Waals surface area contributed by atoms with Crippen molar-refractivity contribution in [3.05, 3.63) is 60.0 Å². The second-order valence-electron chi connectivity index (χ2n) is 7.35. The van der Waals surface area contributed by atoms with Crippen molar-refractivity contribution in [1.29, 1.82) is 0 Å². The maximum absolute atomic E-state index is 13.1. The minimum atomic E-state index is -0.703. The first-order chi connectivity index (χ1) is 15.1. The van der Waals surface area contributed by atoms with Gasteiger partial charge >= 0.3 is 0 Å². The van der Waals surface area contributed by atoms with Crippen molar-refractivity contribution in [1.82, 2.24) is 20.2 Å². The van der Waals surface area contributed by atoms with Gasteiger partial charge in [-0.1, -0.05) is 12.1 Å². The van der Waals surface area contributed by atoms with Crippen molar-refractivity contribution in [3.8, 4) is 11.7 Å². The highest BCUT2D eigenvalue weighted by Crippen LogP contribution is 2.23. The predicted molar refractivity (Wildman–Crippen MR) is 109 cm³/mol. The maximum Gasteiger partial charge on any atom is 0.263 e. The lowest BCUT2D eigenvalue weighted by molar-refractivity contribution is -0.142. The van der Waals surface area contributed by atoms with Crippen LogP contribution in [0, 0.1) is 6.92 Å². The van der Waals surface area contributed by atoms with Gasteiger partial charge in [0.25, 0.3) is 5.89 Å². The van der Waals surface area contributed by atoms with Crippen LogP contribution in [0.15, 0.2) is 55.9 Å². The lowest BCUT2D eigenvalue weighted by Gasteiger charge is -2.34. The predicted octanol–water partition coefficient (Wildman–Crippen LogP) is 2.50. The first-order valence-corrected chi connectivity index (χ1v) is 10.0. The Hall–Kier alpha value is -3.88. The molecule has 0 bridgehead atoms. The molecule has 158 valence electrons. The summed E-state index contributed by atoms with van der Waals surface area (Å²) in [4.78, 5) is 36.1. The molecule has 9 heteroatoms. The molecule has 31 heavy (non-hydrogen) atoms.